The van der Waals surface area contributed by atoms with E-state index in [0.29, 0.717) is 11.4 Å². The van der Waals surface area contributed by atoms with Gasteiger partial charge in [-0.1, -0.05) is 0 Å². The number of amides is 1. The van der Waals surface area contributed by atoms with Crippen molar-refractivity contribution in [2.45, 2.75) is 26.4 Å². The molecule has 0 aliphatic carbocycles. The van der Waals surface area contributed by atoms with Gasteiger partial charge in [0.25, 0.3) is 0 Å². The normalized spacial score (nSPS) is 10.8. The Balaban J connectivity index is 2.99. The minimum absolute atomic E-state index is 0.157. The maximum absolute atomic E-state index is 11.8. The van der Waals surface area contributed by atoms with Gasteiger partial charge < -0.3 is 15.2 Å². The number of carbonyl (C=O) groups is 2. The van der Waals surface area contributed by atoms with Crippen molar-refractivity contribution in [3.05, 3.63) is 23.8 Å². The van der Waals surface area contributed by atoms with Crippen molar-refractivity contribution in [3.63, 3.8) is 0 Å². The lowest BCUT2D eigenvalue weighted by molar-refractivity contribution is 0.0636. The van der Waals surface area contributed by atoms with E-state index >= 15 is 0 Å². The Kier molecular flexibility index (Phi) is 5.10. The van der Waals surface area contributed by atoms with Crippen LogP contribution in [-0.2, 0) is 4.74 Å². The molecule has 0 fully saturated rings. The maximum atomic E-state index is 11.8. The Morgan fingerprint density at radius 3 is 2.45 bits per heavy atom. The predicted molar refractivity (Wildman–Crippen MR) is 76.2 cm³/mol. The first kappa shape index (κ1) is 16.0. The Bertz CT molecular complexity index is 506. The second kappa shape index (κ2) is 6.38. The summed E-state index contributed by atoms with van der Waals surface area (Å²) < 4.78 is 10.2. The van der Waals surface area contributed by atoms with Crippen LogP contribution in [0.1, 0.15) is 31.1 Å². The van der Waals surface area contributed by atoms with E-state index in [1.165, 1.54) is 13.2 Å². The molecule has 6 heteroatoms. The van der Waals surface area contributed by atoms with Gasteiger partial charge in [-0.25, -0.2) is 4.79 Å². The van der Waals surface area contributed by atoms with Crippen molar-refractivity contribution in [2.75, 3.05) is 19.0 Å². The zero-order chi connectivity index (χ0) is 15.3. The van der Waals surface area contributed by atoms with Crippen molar-refractivity contribution in [3.8, 4) is 5.75 Å². The van der Waals surface area contributed by atoms with Gasteiger partial charge in [-0.05, 0) is 39.0 Å². The summed E-state index contributed by atoms with van der Waals surface area (Å²) in [5.41, 5.74) is 5.38. The number of nitrogens with one attached hydrogen (secondary N) is 1. The number of carbonyl (C=O) groups excluding carboxylic acids is 2. The number of benzene rings is 1. The molecule has 1 amide bonds. The summed E-state index contributed by atoms with van der Waals surface area (Å²) in [5.74, 6) is 0.214. The average Bonchev–Trinajstić information content (AvgIpc) is 2.36. The smallest absolute Gasteiger partial charge is 0.412 e. The van der Waals surface area contributed by atoms with E-state index in [4.69, 9.17) is 15.2 Å². The minimum Gasteiger partial charge on any atom is -0.497 e. The highest BCUT2D eigenvalue weighted by atomic mass is 16.6. The van der Waals surface area contributed by atoms with E-state index in [2.05, 4.69) is 5.32 Å². The standard InChI is InChI=1S/C14H20N2O4/c1-14(2,3)20-13(18)16-11-6-5-9(19-4)7-10(11)12(17)8-15/h5-7H,8,15H2,1-4H3,(H,16,18). The average molecular weight is 280 g/mol. The lowest BCUT2D eigenvalue weighted by Crippen LogP contribution is -2.28. The van der Waals surface area contributed by atoms with E-state index in [9.17, 15) is 9.59 Å². The molecule has 0 heterocycles. The summed E-state index contributed by atoms with van der Waals surface area (Å²) >= 11 is 0. The molecular formula is C14H20N2O4. The summed E-state index contributed by atoms with van der Waals surface area (Å²) in [4.78, 5) is 23.5. The van der Waals surface area contributed by atoms with E-state index in [0.717, 1.165) is 0 Å². The highest BCUT2D eigenvalue weighted by Crippen LogP contribution is 2.23. The second-order valence-corrected chi connectivity index (χ2v) is 5.17. The molecule has 0 aromatic heterocycles. The van der Waals surface area contributed by atoms with Crippen LogP contribution >= 0.6 is 0 Å². The third-order valence-corrected chi connectivity index (χ3v) is 2.35. The Labute approximate surface area is 118 Å². The van der Waals surface area contributed by atoms with E-state index in [-0.39, 0.29) is 17.9 Å². The molecule has 1 rings (SSSR count). The van der Waals surface area contributed by atoms with Gasteiger partial charge in [-0.15, -0.1) is 0 Å². The molecule has 0 bridgehead atoms. The number of ketones is 1. The third-order valence-electron chi connectivity index (χ3n) is 2.35. The lowest BCUT2D eigenvalue weighted by Gasteiger charge is -2.20. The highest BCUT2D eigenvalue weighted by Gasteiger charge is 2.19. The lowest BCUT2D eigenvalue weighted by atomic mass is 10.1. The van der Waals surface area contributed by atoms with Crippen LogP contribution in [0.4, 0.5) is 10.5 Å². The Morgan fingerprint density at radius 1 is 1.30 bits per heavy atom. The molecular weight excluding hydrogens is 260 g/mol. The number of Topliss-reactive ketones (excluding diaryl/α,β-unsaturated/α-hetero) is 1. The van der Waals surface area contributed by atoms with Crippen LogP contribution in [0.2, 0.25) is 0 Å². The summed E-state index contributed by atoms with van der Waals surface area (Å²) in [6.45, 7) is 5.11. The molecule has 0 spiro atoms. The summed E-state index contributed by atoms with van der Waals surface area (Å²) in [7, 11) is 1.49. The molecule has 3 N–H and O–H groups in total. The Morgan fingerprint density at radius 2 is 1.95 bits per heavy atom. The molecule has 0 aliphatic heterocycles. The molecule has 0 radical (unpaired) electrons. The van der Waals surface area contributed by atoms with Crippen LogP contribution in [0, 0.1) is 0 Å². The fourth-order valence-electron chi connectivity index (χ4n) is 1.51. The zero-order valence-electron chi connectivity index (χ0n) is 12.1. The third kappa shape index (κ3) is 4.55. The van der Waals surface area contributed by atoms with Crippen molar-refractivity contribution >= 4 is 17.6 Å². The monoisotopic (exact) mass is 280 g/mol. The van der Waals surface area contributed by atoms with Crippen molar-refractivity contribution < 1.29 is 19.1 Å². The van der Waals surface area contributed by atoms with E-state index < -0.39 is 11.7 Å². The largest absolute Gasteiger partial charge is 0.497 e. The molecule has 1 aromatic carbocycles. The molecule has 0 unspecified atom stereocenters. The van der Waals surface area contributed by atoms with Gasteiger partial charge in [0.1, 0.15) is 11.4 Å². The molecule has 6 nitrogen and oxygen atoms in total. The quantitative estimate of drug-likeness (QED) is 0.825. The first-order chi connectivity index (χ1) is 9.26. The van der Waals surface area contributed by atoms with Gasteiger partial charge in [0.05, 0.1) is 19.3 Å². The molecule has 20 heavy (non-hydrogen) atoms. The van der Waals surface area contributed by atoms with Crippen LogP contribution in [0.15, 0.2) is 18.2 Å². The number of anilines is 1. The number of hydrogen-bond acceptors (Lipinski definition) is 5. The summed E-state index contributed by atoms with van der Waals surface area (Å²) in [5, 5.41) is 2.54. The summed E-state index contributed by atoms with van der Waals surface area (Å²) in [6, 6.07) is 4.74. The first-order valence-electron chi connectivity index (χ1n) is 6.18. The Hall–Kier alpha value is -2.08. The van der Waals surface area contributed by atoms with Crippen LogP contribution < -0.4 is 15.8 Å². The topological polar surface area (TPSA) is 90.6 Å². The zero-order valence-corrected chi connectivity index (χ0v) is 12.1. The highest BCUT2D eigenvalue weighted by molar-refractivity contribution is 6.05. The summed E-state index contributed by atoms with van der Waals surface area (Å²) in [6.07, 6.45) is -0.631. The first-order valence-corrected chi connectivity index (χ1v) is 6.18. The van der Waals surface area contributed by atoms with Crippen molar-refractivity contribution in [2.24, 2.45) is 5.73 Å². The fraction of sp³-hybridized carbons (Fsp3) is 0.429. The van der Waals surface area contributed by atoms with Gasteiger partial charge >= 0.3 is 6.09 Å². The fourth-order valence-corrected chi connectivity index (χ4v) is 1.51. The van der Waals surface area contributed by atoms with Crippen LogP contribution in [0.25, 0.3) is 0 Å². The second-order valence-electron chi connectivity index (χ2n) is 5.17. The number of methoxy groups -OCH3 is 1. The number of nitrogens with two attached hydrogens (primary N) is 1. The van der Waals surface area contributed by atoms with Gasteiger partial charge in [0.15, 0.2) is 5.78 Å². The van der Waals surface area contributed by atoms with Crippen LogP contribution in [0.5, 0.6) is 5.75 Å². The number of rotatable bonds is 4. The molecule has 0 saturated heterocycles. The van der Waals surface area contributed by atoms with Crippen LogP contribution in [0.3, 0.4) is 0 Å². The van der Waals surface area contributed by atoms with Gasteiger partial charge in [0.2, 0.25) is 0 Å². The van der Waals surface area contributed by atoms with Crippen LogP contribution in [-0.4, -0.2) is 31.1 Å². The van der Waals surface area contributed by atoms with Gasteiger partial charge in [-0.3, -0.25) is 10.1 Å². The molecule has 0 aliphatic rings. The molecule has 0 atom stereocenters. The molecule has 110 valence electrons. The molecule has 0 saturated carbocycles. The SMILES string of the molecule is COc1ccc(NC(=O)OC(C)(C)C)c(C(=O)CN)c1. The maximum Gasteiger partial charge on any atom is 0.412 e. The minimum atomic E-state index is -0.631. The van der Waals surface area contributed by atoms with E-state index in [1.807, 2.05) is 0 Å². The number of ether oxygens (including phenoxy) is 2. The van der Waals surface area contributed by atoms with Crippen molar-refractivity contribution in [1.29, 1.82) is 0 Å². The predicted octanol–water partition coefficient (Wildman–Crippen LogP) is 2.18. The van der Waals surface area contributed by atoms with E-state index in [1.54, 1.807) is 32.9 Å². The van der Waals surface area contributed by atoms with Crippen molar-refractivity contribution in [1.82, 2.24) is 0 Å². The molecule has 1 aromatic rings. The van der Waals surface area contributed by atoms with Gasteiger partial charge in [0, 0.05) is 5.56 Å². The van der Waals surface area contributed by atoms with Gasteiger partial charge in [-0.2, -0.15) is 0 Å². The number of hydrogen-bond donors (Lipinski definition) is 2.